The molecule has 2 rings (SSSR count). The quantitative estimate of drug-likeness (QED) is 0.837. The number of rotatable bonds is 2. The minimum Gasteiger partial charge on any atom is -0.363 e. The van der Waals surface area contributed by atoms with Crippen molar-refractivity contribution in [1.82, 2.24) is 9.36 Å². The van der Waals surface area contributed by atoms with Crippen LogP contribution in [-0.4, -0.2) is 15.3 Å². The van der Waals surface area contributed by atoms with E-state index in [-0.39, 0.29) is 10.8 Å². The third-order valence-electron chi connectivity index (χ3n) is 1.74. The molecule has 1 heterocycles. The van der Waals surface area contributed by atoms with Gasteiger partial charge >= 0.3 is 0 Å². The molecule has 0 saturated carbocycles. The van der Waals surface area contributed by atoms with Gasteiger partial charge in [-0.1, -0.05) is 0 Å². The van der Waals surface area contributed by atoms with Gasteiger partial charge in [-0.15, -0.1) is 0 Å². The smallest absolute Gasteiger partial charge is 0.279 e. The molecule has 0 aliphatic heterocycles. The summed E-state index contributed by atoms with van der Waals surface area (Å²) in [5, 5.41) is 0.148. The lowest BCUT2D eigenvalue weighted by Gasteiger charge is -1.93. The second-order valence-electron chi connectivity index (χ2n) is 2.79. The van der Waals surface area contributed by atoms with Gasteiger partial charge in [0.1, 0.15) is 5.82 Å². The Morgan fingerprint density at radius 3 is 2.53 bits per heavy atom. The number of aromatic nitrogens is 2. The Kier molecular flexibility index (Phi) is 2.42. The Hall–Kier alpha value is -1.82. The van der Waals surface area contributed by atoms with Crippen LogP contribution in [0.4, 0.5) is 4.39 Å². The van der Waals surface area contributed by atoms with Gasteiger partial charge in [-0.05, 0) is 35.8 Å². The average Bonchev–Trinajstić information content (AvgIpc) is 2.68. The van der Waals surface area contributed by atoms with E-state index in [9.17, 15) is 9.18 Å². The summed E-state index contributed by atoms with van der Waals surface area (Å²) in [6.07, 6.45) is 0. The van der Waals surface area contributed by atoms with Crippen LogP contribution < -0.4 is 5.73 Å². The number of nitrogens with two attached hydrogens (primary N) is 1. The summed E-state index contributed by atoms with van der Waals surface area (Å²) in [6, 6.07) is 5.70. The predicted octanol–water partition coefficient (Wildman–Crippen LogP) is 1.44. The molecule has 0 spiro atoms. The number of nitrogens with zero attached hydrogens (tertiary/aromatic N) is 2. The molecule has 6 heteroatoms. The van der Waals surface area contributed by atoms with Crippen molar-refractivity contribution < 1.29 is 9.18 Å². The van der Waals surface area contributed by atoms with Gasteiger partial charge in [0.2, 0.25) is 5.01 Å². The molecule has 1 aromatic heterocycles. The zero-order chi connectivity index (χ0) is 10.8. The van der Waals surface area contributed by atoms with E-state index in [0.29, 0.717) is 11.4 Å². The van der Waals surface area contributed by atoms with Crippen molar-refractivity contribution in [2.75, 3.05) is 0 Å². The standard InChI is InChI=1S/C9H6FN3OS/c10-6-3-1-5(2-4-6)8-12-9(7(11)14)15-13-8/h1-4H,(H2,11,14). The summed E-state index contributed by atoms with van der Waals surface area (Å²) in [5.74, 6) is -0.557. The van der Waals surface area contributed by atoms with Gasteiger partial charge in [0.05, 0.1) is 0 Å². The molecule has 0 fully saturated rings. The van der Waals surface area contributed by atoms with Crippen molar-refractivity contribution in [2.24, 2.45) is 5.73 Å². The molecule has 1 amide bonds. The second kappa shape index (κ2) is 3.74. The summed E-state index contributed by atoms with van der Waals surface area (Å²) in [4.78, 5) is 14.7. The van der Waals surface area contributed by atoms with Crippen molar-refractivity contribution in [1.29, 1.82) is 0 Å². The van der Waals surface area contributed by atoms with Crippen LogP contribution in [0, 0.1) is 5.82 Å². The van der Waals surface area contributed by atoms with E-state index >= 15 is 0 Å². The molecule has 0 saturated heterocycles. The van der Waals surface area contributed by atoms with E-state index < -0.39 is 5.91 Å². The van der Waals surface area contributed by atoms with Crippen molar-refractivity contribution in [3.05, 3.63) is 35.1 Å². The molecule has 0 radical (unpaired) electrons. The monoisotopic (exact) mass is 223 g/mol. The summed E-state index contributed by atoms with van der Waals surface area (Å²) in [6.45, 7) is 0. The number of hydrogen-bond donors (Lipinski definition) is 1. The molecule has 0 bridgehead atoms. The number of amides is 1. The van der Waals surface area contributed by atoms with E-state index in [1.807, 2.05) is 0 Å². The third-order valence-corrected chi connectivity index (χ3v) is 2.47. The van der Waals surface area contributed by atoms with Crippen LogP contribution >= 0.6 is 11.5 Å². The lowest BCUT2D eigenvalue weighted by molar-refractivity contribution is 0.1000. The van der Waals surface area contributed by atoms with Crippen LogP contribution in [0.2, 0.25) is 0 Å². The van der Waals surface area contributed by atoms with Gasteiger partial charge < -0.3 is 5.73 Å². The largest absolute Gasteiger partial charge is 0.363 e. The maximum Gasteiger partial charge on any atom is 0.279 e. The van der Waals surface area contributed by atoms with Crippen LogP contribution in [0.3, 0.4) is 0 Å². The highest BCUT2D eigenvalue weighted by molar-refractivity contribution is 7.07. The van der Waals surface area contributed by atoms with Crippen LogP contribution in [0.5, 0.6) is 0 Å². The molecule has 2 N–H and O–H groups in total. The van der Waals surface area contributed by atoms with E-state index in [0.717, 1.165) is 11.5 Å². The average molecular weight is 223 g/mol. The van der Waals surface area contributed by atoms with Gasteiger partial charge in [-0.25, -0.2) is 9.37 Å². The minimum absolute atomic E-state index is 0.148. The Morgan fingerprint density at radius 1 is 1.33 bits per heavy atom. The predicted molar refractivity (Wildman–Crippen MR) is 53.8 cm³/mol. The van der Waals surface area contributed by atoms with E-state index in [2.05, 4.69) is 9.36 Å². The molecule has 2 aromatic rings. The maximum absolute atomic E-state index is 12.6. The first kappa shape index (κ1) is 9.72. The SMILES string of the molecule is NC(=O)c1nc(-c2ccc(F)cc2)ns1. The fourth-order valence-corrected chi connectivity index (χ4v) is 1.58. The summed E-state index contributed by atoms with van der Waals surface area (Å²) >= 11 is 0.927. The highest BCUT2D eigenvalue weighted by Gasteiger charge is 2.10. The number of carbonyl (C=O) groups excluding carboxylic acids is 1. The molecule has 15 heavy (non-hydrogen) atoms. The number of benzene rings is 1. The Morgan fingerprint density at radius 2 is 2.00 bits per heavy atom. The number of hydrogen-bond acceptors (Lipinski definition) is 4. The summed E-state index contributed by atoms with van der Waals surface area (Å²) < 4.78 is 16.6. The molecule has 0 unspecified atom stereocenters. The molecule has 0 aliphatic rings. The molecule has 76 valence electrons. The van der Waals surface area contributed by atoms with Crippen molar-refractivity contribution in [3.8, 4) is 11.4 Å². The van der Waals surface area contributed by atoms with E-state index in [1.165, 1.54) is 12.1 Å². The second-order valence-corrected chi connectivity index (χ2v) is 3.55. The van der Waals surface area contributed by atoms with E-state index in [4.69, 9.17) is 5.73 Å². The van der Waals surface area contributed by atoms with Crippen LogP contribution in [0.25, 0.3) is 11.4 Å². The van der Waals surface area contributed by atoms with Crippen molar-refractivity contribution in [2.45, 2.75) is 0 Å². The van der Waals surface area contributed by atoms with Gasteiger partial charge in [0, 0.05) is 5.56 Å². The van der Waals surface area contributed by atoms with Crippen molar-refractivity contribution in [3.63, 3.8) is 0 Å². The van der Waals surface area contributed by atoms with Crippen LogP contribution in [0.1, 0.15) is 9.80 Å². The maximum atomic E-state index is 12.6. The van der Waals surface area contributed by atoms with Crippen LogP contribution in [0.15, 0.2) is 24.3 Å². The molecular weight excluding hydrogens is 217 g/mol. The van der Waals surface area contributed by atoms with Gasteiger partial charge in [-0.3, -0.25) is 4.79 Å². The minimum atomic E-state index is -0.610. The molecule has 1 aromatic carbocycles. The highest BCUT2D eigenvalue weighted by Crippen LogP contribution is 2.18. The normalized spacial score (nSPS) is 10.2. The molecule has 4 nitrogen and oxygen atoms in total. The molecule has 0 atom stereocenters. The van der Waals surface area contributed by atoms with E-state index in [1.54, 1.807) is 12.1 Å². The van der Waals surface area contributed by atoms with Gasteiger partial charge in [0.15, 0.2) is 5.82 Å². The fourth-order valence-electron chi connectivity index (χ4n) is 1.04. The lowest BCUT2D eigenvalue weighted by atomic mass is 10.2. The lowest BCUT2D eigenvalue weighted by Crippen LogP contribution is -2.10. The first-order chi connectivity index (χ1) is 7.16. The Balaban J connectivity index is 2.37. The third kappa shape index (κ3) is 1.99. The highest BCUT2D eigenvalue weighted by atomic mass is 32.1. The summed E-state index contributed by atoms with van der Waals surface area (Å²) in [7, 11) is 0. The molecule has 0 aliphatic carbocycles. The summed E-state index contributed by atoms with van der Waals surface area (Å²) in [5.41, 5.74) is 5.69. The Labute approximate surface area is 88.7 Å². The van der Waals surface area contributed by atoms with Gasteiger partial charge in [0.25, 0.3) is 5.91 Å². The zero-order valence-electron chi connectivity index (χ0n) is 7.48. The molecular formula is C9H6FN3OS. The number of primary amides is 1. The fraction of sp³-hybridized carbons (Fsp3) is 0. The topological polar surface area (TPSA) is 68.9 Å². The first-order valence-corrected chi connectivity index (χ1v) is 4.83. The number of carbonyl (C=O) groups is 1. The first-order valence-electron chi connectivity index (χ1n) is 4.06. The number of halogens is 1. The zero-order valence-corrected chi connectivity index (χ0v) is 8.29. The Bertz CT molecular complexity index is 494. The van der Waals surface area contributed by atoms with Crippen molar-refractivity contribution >= 4 is 17.4 Å². The van der Waals surface area contributed by atoms with Gasteiger partial charge in [-0.2, -0.15) is 4.37 Å². The van der Waals surface area contributed by atoms with Crippen LogP contribution in [-0.2, 0) is 0 Å².